The second-order valence-electron chi connectivity index (χ2n) is 9.13. The van der Waals surface area contributed by atoms with Gasteiger partial charge in [0.25, 0.3) is 0 Å². The van der Waals surface area contributed by atoms with E-state index in [1.165, 1.54) is 36.8 Å². The highest BCUT2D eigenvalue weighted by molar-refractivity contribution is 5.90. The summed E-state index contributed by atoms with van der Waals surface area (Å²) in [6, 6.07) is 8.07. The highest BCUT2D eigenvalue weighted by Crippen LogP contribution is 2.34. The molecule has 0 unspecified atom stereocenters. The van der Waals surface area contributed by atoms with E-state index in [1.54, 1.807) is 30.1 Å². The molecule has 178 valence electrons. The Labute approximate surface area is 201 Å². The smallest absolute Gasteiger partial charge is 0.337 e. The minimum absolute atomic E-state index is 0.369. The molecule has 0 amide bonds. The Morgan fingerprint density at radius 1 is 1.00 bits per heavy atom. The monoisotopic (exact) mass is 459 g/mol. The third kappa shape index (κ3) is 4.44. The van der Waals surface area contributed by atoms with Crippen LogP contribution < -0.4 is 4.90 Å². The van der Waals surface area contributed by atoms with Crippen molar-refractivity contribution >= 4 is 11.7 Å². The normalized spacial score (nSPS) is 16.4. The maximum absolute atomic E-state index is 12.0. The van der Waals surface area contributed by atoms with Crippen LogP contribution in [0.25, 0.3) is 11.5 Å². The molecule has 3 heterocycles. The topological polar surface area (TPSA) is 63.5 Å². The van der Waals surface area contributed by atoms with Crippen LogP contribution in [0.3, 0.4) is 0 Å². The Kier molecular flexibility index (Phi) is 6.63. The quantitative estimate of drug-likeness (QED) is 0.523. The number of methoxy groups -OCH3 is 1. The van der Waals surface area contributed by atoms with E-state index in [0.717, 1.165) is 57.9 Å². The number of piperazine rings is 1. The number of hydrogen-bond donors (Lipinski definition) is 0. The van der Waals surface area contributed by atoms with Crippen LogP contribution in [-0.4, -0.2) is 65.2 Å². The van der Waals surface area contributed by atoms with Crippen LogP contribution in [-0.2, 0) is 24.1 Å². The molecule has 0 radical (unpaired) electrons. The van der Waals surface area contributed by atoms with Gasteiger partial charge in [-0.1, -0.05) is 13.0 Å². The predicted molar refractivity (Wildman–Crippen MR) is 133 cm³/mol. The molecule has 0 atom stereocenters. The van der Waals surface area contributed by atoms with E-state index < -0.39 is 0 Å². The van der Waals surface area contributed by atoms with Crippen molar-refractivity contribution in [1.29, 1.82) is 0 Å². The average Bonchev–Trinajstić information content (AvgIpc) is 3.37. The first-order chi connectivity index (χ1) is 16.7. The van der Waals surface area contributed by atoms with Gasteiger partial charge in [0.2, 0.25) is 0 Å². The van der Waals surface area contributed by atoms with E-state index in [2.05, 4.69) is 43.4 Å². The van der Waals surface area contributed by atoms with Crippen LogP contribution in [0.1, 0.15) is 46.8 Å². The molecule has 1 fully saturated rings. The number of imidazole rings is 1. The van der Waals surface area contributed by atoms with E-state index in [9.17, 15) is 4.79 Å². The molecule has 1 aromatic carbocycles. The number of rotatable bonds is 6. The van der Waals surface area contributed by atoms with E-state index >= 15 is 0 Å². The van der Waals surface area contributed by atoms with Crippen molar-refractivity contribution < 1.29 is 9.53 Å². The van der Waals surface area contributed by atoms with Crippen molar-refractivity contribution in [1.82, 2.24) is 19.4 Å². The number of pyridine rings is 1. The summed E-state index contributed by atoms with van der Waals surface area (Å²) in [5.41, 5.74) is 7.00. The number of carbonyl (C=O) groups excluding carboxylic acids is 1. The van der Waals surface area contributed by atoms with Crippen LogP contribution >= 0.6 is 0 Å². The number of nitrogens with zero attached hydrogens (tertiary/aromatic N) is 5. The number of esters is 1. The number of fused-ring (bicyclic) bond motifs is 1. The van der Waals surface area contributed by atoms with Gasteiger partial charge in [-0.25, -0.2) is 9.78 Å². The Morgan fingerprint density at radius 3 is 2.56 bits per heavy atom. The minimum Gasteiger partial charge on any atom is -0.465 e. The summed E-state index contributed by atoms with van der Waals surface area (Å²) in [6.45, 7) is 8.62. The fourth-order valence-electron chi connectivity index (χ4n) is 5.32. The predicted octanol–water partition coefficient (Wildman–Crippen LogP) is 3.80. The molecule has 3 aromatic rings. The van der Waals surface area contributed by atoms with Crippen LogP contribution in [0.5, 0.6) is 0 Å². The van der Waals surface area contributed by atoms with Crippen molar-refractivity contribution in [3.8, 4) is 11.5 Å². The van der Waals surface area contributed by atoms with Gasteiger partial charge in [-0.2, -0.15) is 0 Å². The Morgan fingerprint density at radius 2 is 1.79 bits per heavy atom. The first-order valence-corrected chi connectivity index (χ1v) is 12.3. The summed E-state index contributed by atoms with van der Waals surface area (Å²) in [7, 11) is 1.39. The maximum Gasteiger partial charge on any atom is 0.337 e. The van der Waals surface area contributed by atoms with E-state index in [-0.39, 0.29) is 5.97 Å². The third-order valence-electron chi connectivity index (χ3n) is 7.23. The zero-order valence-electron chi connectivity index (χ0n) is 20.2. The number of anilines is 1. The zero-order valence-corrected chi connectivity index (χ0v) is 20.2. The van der Waals surface area contributed by atoms with Crippen LogP contribution in [0.15, 0.2) is 42.9 Å². The van der Waals surface area contributed by atoms with Gasteiger partial charge in [0.05, 0.1) is 12.7 Å². The Balaban J connectivity index is 1.44. The zero-order chi connectivity index (χ0) is 23.5. The number of aromatic nitrogens is 3. The van der Waals surface area contributed by atoms with Gasteiger partial charge in [-0.05, 0) is 67.1 Å². The number of likely N-dealkylation sites (N-methyl/N-ethyl adjacent to an activating group) is 1. The molecular weight excluding hydrogens is 426 g/mol. The maximum atomic E-state index is 12.0. The summed E-state index contributed by atoms with van der Waals surface area (Å²) in [5.74, 6) is 0.390. The molecule has 0 saturated carbocycles. The summed E-state index contributed by atoms with van der Waals surface area (Å²) in [5, 5.41) is 0. The lowest BCUT2D eigenvalue weighted by atomic mass is 9.86. The molecule has 2 aromatic heterocycles. The lowest BCUT2D eigenvalue weighted by molar-refractivity contribution is 0.0600. The molecule has 2 aliphatic rings. The van der Waals surface area contributed by atoms with Gasteiger partial charge >= 0.3 is 5.97 Å². The number of benzene rings is 1. The molecule has 0 bridgehead atoms. The van der Waals surface area contributed by atoms with Gasteiger partial charge in [0, 0.05) is 57.0 Å². The van der Waals surface area contributed by atoms with Crippen molar-refractivity contribution in [2.24, 2.45) is 0 Å². The molecule has 1 saturated heterocycles. The minimum atomic E-state index is -0.369. The van der Waals surface area contributed by atoms with E-state index in [0.29, 0.717) is 11.3 Å². The van der Waals surface area contributed by atoms with Crippen molar-refractivity contribution in [3.63, 3.8) is 0 Å². The van der Waals surface area contributed by atoms with Crippen molar-refractivity contribution in [2.45, 2.75) is 39.2 Å². The molecule has 0 N–H and O–H groups in total. The van der Waals surface area contributed by atoms with Crippen LogP contribution in [0, 0.1) is 0 Å². The summed E-state index contributed by atoms with van der Waals surface area (Å²) in [6.07, 6.45) is 10.2. The summed E-state index contributed by atoms with van der Waals surface area (Å²) in [4.78, 5) is 26.1. The van der Waals surface area contributed by atoms with Gasteiger partial charge in [0.1, 0.15) is 5.69 Å². The summed E-state index contributed by atoms with van der Waals surface area (Å²) < 4.78 is 7.00. The fraction of sp³-hybridized carbons (Fsp3) is 0.444. The van der Waals surface area contributed by atoms with Gasteiger partial charge < -0.3 is 19.1 Å². The molecule has 7 heteroatoms. The first-order valence-electron chi connectivity index (χ1n) is 12.3. The van der Waals surface area contributed by atoms with Crippen LogP contribution in [0.4, 0.5) is 5.69 Å². The molecule has 34 heavy (non-hydrogen) atoms. The SMILES string of the molecule is CCN1CCN(c2ccc(Cn3ccnc3-c3cc(C(=O)OC)ccn3)c3c2CCCC3)CC1. The molecule has 1 aliphatic heterocycles. The second kappa shape index (κ2) is 9.97. The van der Waals surface area contributed by atoms with E-state index in [4.69, 9.17) is 4.74 Å². The Hall–Kier alpha value is -3.19. The van der Waals surface area contributed by atoms with Crippen molar-refractivity contribution in [2.75, 3.05) is 44.7 Å². The second-order valence-corrected chi connectivity index (χ2v) is 9.13. The van der Waals surface area contributed by atoms with Crippen LogP contribution in [0.2, 0.25) is 0 Å². The fourth-order valence-corrected chi connectivity index (χ4v) is 5.32. The first kappa shape index (κ1) is 22.6. The van der Waals surface area contributed by atoms with E-state index in [1.807, 2.05) is 6.20 Å². The largest absolute Gasteiger partial charge is 0.465 e. The molecule has 5 rings (SSSR count). The highest BCUT2D eigenvalue weighted by atomic mass is 16.5. The molecule has 7 nitrogen and oxygen atoms in total. The van der Waals surface area contributed by atoms with Gasteiger partial charge in [-0.3, -0.25) is 4.98 Å². The third-order valence-corrected chi connectivity index (χ3v) is 7.23. The highest BCUT2D eigenvalue weighted by Gasteiger charge is 2.23. The molecular formula is C27H33N5O2. The molecule has 0 spiro atoms. The number of hydrogen-bond acceptors (Lipinski definition) is 6. The average molecular weight is 460 g/mol. The van der Waals surface area contributed by atoms with Crippen molar-refractivity contribution in [3.05, 3.63) is 65.1 Å². The van der Waals surface area contributed by atoms with Gasteiger partial charge in [0.15, 0.2) is 5.82 Å². The lowest BCUT2D eigenvalue weighted by Gasteiger charge is -2.38. The number of ether oxygens (including phenoxy) is 1. The molecule has 1 aliphatic carbocycles. The lowest BCUT2D eigenvalue weighted by Crippen LogP contribution is -2.46. The Bertz CT molecular complexity index is 1160. The van der Waals surface area contributed by atoms with Gasteiger partial charge in [-0.15, -0.1) is 0 Å². The summed E-state index contributed by atoms with van der Waals surface area (Å²) >= 11 is 0. The number of carbonyl (C=O) groups is 1. The standard InChI is InChI=1S/C27H33N5O2/c1-3-30-14-16-31(17-15-30)25-9-8-21(22-6-4-5-7-23(22)25)19-32-13-12-29-26(32)24-18-20(10-11-28-24)27(33)34-2/h8-13,18H,3-7,14-17,19H2,1-2H3.